The Hall–Kier alpha value is -1.04. The molecule has 0 bridgehead atoms. The molecule has 1 saturated carbocycles. The second kappa shape index (κ2) is 5.52. The fourth-order valence-electron chi connectivity index (χ4n) is 2.74. The first-order valence-electron chi connectivity index (χ1n) is 7.22. The quantitative estimate of drug-likeness (QED) is 0.610. The van der Waals surface area contributed by atoms with Crippen LogP contribution in [-0.2, 0) is 5.41 Å². The summed E-state index contributed by atoms with van der Waals surface area (Å²) < 4.78 is 0. The molecule has 1 aromatic carbocycles. The minimum absolute atomic E-state index is 0.326. The average Bonchev–Trinajstić information content (AvgIpc) is 2.38. The fourth-order valence-corrected chi connectivity index (χ4v) is 3.34. The molecule has 2 heteroatoms. The van der Waals surface area contributed by atoms with Crippen molar-refractivity contribution in [2.75, 3.05) is 0 Å². The van der Waals surface area contributed by atoms with Crippen LogP contribution in [0.15, 0.2) is 30.3 Å². The molecule has 2 atom stereocenters. The fraction of sp³-hybridized carbons (Fsp3) is 0.529. The van der Waals surface area contributed by atoms with Crippen LogP contribution in [0.2, 0.25) is 19.6 Å². The van der Waals surface area contributed by atoms with Crippen molar-refractivity contribution >= 4 is 8.07 Å². The highest BCUT2D eigenvalue weighted by atomic mass is 28.3. The van der Waals surface area contributed by atoms with E-state index >= 15 is 0 Å². The van der Waals surface area contributed by atoms with Crippen LogP contribution in [0.3, 0.4) is 0 Å². The molecule has 1 nitrogen and oxygen atoms in total. The average molecular weight is 272 g/mol. The van der Waals surface area contributed by atoms with Gasteiger partial charge in [-0.3, -0.25) is 0 Å². The lowest BCUT2D eigenvalue weighted by atomic mass is 9.68. The van der Waals surface area contributed by atoms with Gasteiger partial charge in [0.2, 0.25) is 0 Å². The summed E-state index contributed by atoms with van der Waals surface area (Å²) in [6, 6.07) is 10.4. The van der Waals surface area contributed by atoms with Crippen LogP contribution in [-0.4, -0.2) is 19.3 Å². The molecule has 1 fully saturated rings. The van der Waals surface area contributed by atoms with Gasteiger partial charge in [-0.15, -0.1) is 5.54 Å². The van der Waals surface area contributed by atoms with Gasteiger partial charge in [-0.05, 0) is 18.4 Å². The van der Waals surface area contributed by atoms with Gasteiger partial charge < -0.3 is 5.11 Å². The highest BCUT2D eigenvalue weighted by molar-refractivity contribution is 6.83. The highest BCUT2D eigenvalue weighted by Crippen LogP contribution is 2.39. The first kappa shape index (κ1) is 14.4. The summed E-state index contributed by atoms with van der Waals surface area (Å²) >= 11 is 0. The maximum absolute atomic E-state index is 10.6. The van der Waals surface area contributed by atoms with E-state index < -0.39 is 8.07 Å². The summed E-state index contributed by atoms with van der Waals surface area (Å²) in [5.74, 6) is 3.50. The second-order valence-electron chi connectivity index (χ2n) is 6.60. The SMILES string of the molecule is C[Si](C)(C)C#CC1(c2ccccc2)CCCCC1O. The Kier molecular flexibility index (Phi) is 4.18. The zero-order valence-electron chi connectivity index (χ0n) is 12.2. The van der Waals surface area contributed by atoms with Gasteiger partial charge >= 0.3 is 0 Å². The van der Waals surface area contributed by atoms with Crippen LogP contribution in [0.5, 0.6) is 0 Å². The molecule has 0 radical (unpaired) electrons. The predicted molar refractivity (Wildman–Crippen MR) is 83.7 cm³/mol. The Morgan fingerprint density at radius 1 is 1.16 bits per heavy atom. The Bertz CT molecular complexity index is 477. The van der Waals surface area contributed by atoms with Crippen LogP contribution in [0, 0.1) is 11.5 Å². The summed E-state index contributed by atoms with van der Waals surface area (Å²) in [5.41, 5.74) is 4.34. The molecule has 0 aliphatic heterocycles. The van der Waals surface area contributed by atoms with Crippen molar-refractivity contribution in [3.8, 4) is 11.5 Å². The summed E-state index contributed by atoms with van der Waals surface area (Å²) in [6.45, 7) is 6.77. The number of rotatable bonds is 1. The lowest BCUT2D eigenvalue weighted by Crippen LogP contribution is -2.41. The standard InChI is InChI=1S/C17H24OSi/c1-19(2,3)14-13-17(12-8-7-11-16(17)18)15-9-5-4-6-10-15/h4-6,9-10,16,18H,7-8,11-12H2,1-3H3. The van der Waals surface area contributed by atoms with Gasteiger partial charge in [-0.25, -0.2) is 0 Å². The molecule has 0 heterocycles. The molecule has 2 rings (SSSR count). The highest BCUT2D eigenvalue weighted by Gasteiger charge is 2.40. The molecule has 1 aliphatic carbocycles. The molecule has 2 unspecified atom stereocenters. The van der Waals surface area contributed by atoms with Crippen LogP contribution >= 0.6 is 0 Å². The van der Waals surface area contributed by atoms with Gasteiger partial charge in [0.15, 0.2) is 0 Å². The molecule has 1 aromatic rings. The van der Waals surface area contributed by atoms with Crippen LogP contribution in [0.1, 0.15) is 31.2 Å². The third-order valence-corrected chi connectivity index (χ3v) is 4.69. The predicted octanol–water partition coefficient (Wildman–Crippen LogP) is 3.74. The van der Waals surface area contributed by atoms with Crippen LogP contribution in [0.25, 0.3) is 0 Å². The van der Waals surface area contributed by atoms with Gasteiger partial charge in [0, 0.05) is 0 Å². The second-order valence-corrected chi connectivity index (χ2v) is 11.3. The Labute approximate surface area is 118 Å². The first-order valence-corrected chi connectivity index (χ1v) is 10.7. The monoisotopic (exact) mass is 272 g/mol. The largest absolute Gasteiger partial charge is 0.391 e. The topological polar surface area (TPSA) is 20.2 Å². The van der Waals surface area contributed by atoms with E-state index in [2.05, 4.69) is 55.4 Å². The molecule has 1 N–H and O–H groups in total. The van der Waals surface area contributed by atoms with Crippen LogP contribution < -0.4 is 0 Å². The van der Waals surface area contributed by atoms with E-state index in [0.717, 1.165) is 25.7 Å². The molecule has 0 saturated heterocycles. The summed E-state index contributed by atoms with van der Waals surface area (Å²) in [6.07, 6.45) is 3.80. The molecule has 0 amide bonds. The minimum atomic E-state index is -1.42. The zero-order valence-corrected chi connectivity index (χ0v) is 13.2. The van der Waals surface area contributed by atoms with Gasteiger partial charge in [0.1, 0.15) is 8.07 Å². The molecular formula is C17H24OSi. The number of aliphatic hydroxyl groups is 1. The molecule has 0 spiro atoms. The van der Waals surface area contributed by atoms with Gasteiger partial charge in [-0.1, -0.05) is 68.7 Å². The van der Waals surface area contributed by atoms with Crippen molar-refractivity contribution in [2.45, 2.75) is 56.8 Å². The van der Waals surface area contributed by atoms with Crippen molar-refractivity contribution in [3.05, 3.63) is 35.9 Å². The van der Waals surface area contributed by atoms with E-state index in [0.29, 0.717) is 0 Å². The molecular weight excluding hydrogens is 248 g/mol. The van der Waals surface area contributed by atoms with E-state index in [1.54, 1.807) is 0 Å². The number of benzene rings is 1. The smallest absolute Gasteiger partial charge is 0.129 e. The summed E-state index contributed by atoms with van der Waals surface area (Å²) in [4.78, 5) is 0. The minimum Gasteiger partial charge on any atom is -0.391 e. The summed E-state index contributed by atoms with van der Waals surface area (Å²) in [5, 5.41) is 10.6. The zero-order chi connectivity index (χ0) is 13.9. The van der Waals surface area contributed by atoms with E-state index in [4.69, 9.17) is 0 Å². The lowest BCUT2D eigenvalue weighted by Gasteiger charge is -2.38. The van der Waals surface area contributed by atoms with Gasteiger partial charge in [-0.2, -0.15) is 0 Å². The molecule has 0 aromatic heterocycles. The van der Waals surface area contributed by atoms with Gasteiger partial charge in [0.25, 0.3) is 0 Å². The van der Waals surface area contributed by atoms with Crippen molar-refractivity contribution in [2.24, 2.45) is 0 Å². The maximum Gasteiger partial charge on any atom is 0.129 e. The Morgan fingerprint density at radius 3 is 2.42 bits per heavy atom. The van der Waals surface area contributed by atoms with Crippen molar-refractivity contribution in [3.63, 3.8) is 0 Å². The van der Waals surface area contributed by atoms with E-state index in [1.807, 2.05) is 6.07 Å². The Balaban J connectivity index is 2.46. The third-order valence-electron chi connectivity index (χ3n) is 3.82. The maximum atomic E-state index is 10.6. The van der Waals surface area contributed by atoms with E-state index in [9.17, 15) is 5.11 Å². The lowest BCUT2D eigenvalue weighted by molar-refractivity contribution is 0.0730. The van der Waals surface area contributed by atoms with E-state index in [-0.39, 0.29) is 11.5 Å². The Morgan fingerprint density at radius 2 is 1.84 bits per heavy atom. The number of hydrogen-bond acceptors (Lipinski definition) is 1. The summed E-state index contributed by atoms with van der Waals surface area (Å²) in [7, 11) is -1.42. The van der Waals surface area contributed by atoms with Crippen molar-refractivity contribution in [1.29, 1.82) is 0 Å². The van der Waals surface area contributed by atoms with Crippen molar-refractivity contribution in [1.82, 2.24) is 0 Å². The number of hydrogen-bond donors (Lipinski definition) is 1. The van der Waals surface area contributed by atoms with E-state index in [1.165, 1.54) is 5.56 Å². The van der Waals surface area contributed by atoms with Gasteiger partial charge in [0.05, 0.1) is 11.5 Å². The first-order chi connectivity index (χ1) is 8.94. The molecule has 1 aliphatic rings. The molecule has 19 heavy (non-hydrogen) atoms. The van der Waals surface area contributed by atoms with Crippen LogP contribution in [0.4, 0.5) is 0 Å². The number of aliphatic hydroxyl groups excluding tert-OH is 1. The third kappa shape index (κ3) is 3.29. The molecule has 102 valence electrons. The normalized spacial score (nSPS) is 27.5. The van der Waals surface area contributed by atoms with Crippen molar-refractivity contribution < 1.29 is 5.11 Å².